The predicted octanol–water partition coefficient (Wildman–Crippen LogP) is 6.01. The third-order valence-electron chi connectivity index (χ3n) is 7.10. The molecule has 1 aliphatic rings. The lowest BCUT2D eigenvalue weighted by Crippen LogP contribution is -2.47. The molecule has 9 nitrogen and oxygen atoms in total. The molecule has 1 N–H and O–H groups in total. The molecule has 0 radical (unpaired) electrons. The fourth-order valence-corrected chi connectivity index (χ4v) is 5.57. The number of nitrogens with one attached hydrogen (secondary N) is 1. The van der Waals surface area contributed by atoms with E-state index in [1.807, 2.05) is 35.7 Å². The van der Waals surface area contributed by atoms with Crippen molar-refractivity contribution in [2.75, 3.05) is 32.1 Å². The minimum atomic E-state index is -0.755. The van der Waals surface area contributed by atoms with E-state index in [0.29, 0.717) is 33.6 Å². The van der Waals surface area contributed by atoms with Gasteiger partial charge in [-0.25, -0.2) is 9.78 Å². The van der Waals surface area contributed by atoms with Crippen molar-refractivity contribution < 1.29 is 19.1 Å². The quantitative estimate of drug-likeness (QED) is 0.344. The van der Waals surface area contributed by atoms with E-state index in [9.17, 15) is 14.9 Å². The second kappa shape index (κ2) is 12.3. The summed E-state index contributed by atoms with van der Waals surface area (Å²) in [7, 11) is 3.63. The number of piperidine rings is 1. The van der Waals surface area contributed by atoms with Crippen LogP contribution in [0.3, 0.4) is 0 Å². The van der Waals surface area contributed by atoms with Crippen LogP contribution in [0.5, 0.6) is 5.75 Å². The molecule has 1 aromatic heterocycles. The third kappa shape index (κ3) is 7.04. The van der Waals surface area contributed by atoms with Gasteiger partial charge in [-0.1, -0.05) is 24.8 Å². The molecule has 0 saturated carbocycles. The molecule has 216 valence electrons. The molecule has 2 atom stereocenters. The number of ether oxygens (including phenoxy) is 2. The van der Waals surface area contributed by atoms with Gasteiger partial charge in [0.15, 0.2) is 5.01 Å². The summed E-state index contributed by atoms with van der Waals surface area (Å²) in [4.78, 5) is 34.7. The first-order chi connectivity index (χ1) is 19.4. The Morgan fingerprint density at radius 1 is 1.29 bits per heavy atom. The highest BCUT2D eigenvalue weighted by Gasteiger charge is 2.29. The summed E-state index contributed by atoms with van der Waals surface area (Å²) in [6.07, 6.45) is 1.19. The summed E-state index contributed by atoms with van der Waals surface area (Å²) in [5.41, 5.74) is 1.33. The van der Waals surface area contributed by atoms with E-state index in [2.05, 4.69) is 35.8 Å². The average molecular weight is 576 g/mol. The zero-order chi connectivity index (χ0) is 29.9. The lowest BCUT2D eigenvalue weighted by molar-refractivity contribution is 0.0583. The molecule has 0 spiro atoms. The van der Waals surface area contributed by atoms with Crippen molar-refractivity contribution in [1.29, 1.82) is 5.26 Å². The zero-order valence-electron chi connectivity index (χ0n) is 24.5. The van der Waals surface area contributed by atoms with Gasteiger partial charge in [0.05, 0.1) is 31.1 Å². The maximum atomic E-state index is 13.4. The standard InChI is InChI=1S/C31H37N5O4S/c1-19(16-32)17-36(30(38)40-31(3,4)5)27-24-15-22(9-8-21(24)10-11-26(27)39-7)25-18-41-29(34-25)28(37)33-23-12-13-35(6)20(2)14-23/h8-11,15,18,20,23H,1,12-14,17H2,2-7H3,(H,33,37)/t20-,23+/m0/s1. The van der Waals surface area contributed by atoms with Gasteiger partial charge in [0.1, 0.15) is 11.4 Å². The van der Waals surface area contributed by atoms with Gasteiger partial charge in [-0.15, -0.1) is 11.3 Å². The Labute approximate surface area is 245 Å². The molecule has 3 aromatic rings. The first-order valence-electron chi connectivity index (χ1n) is 13.6. The molecule has 0 unspecified atom stereocenters. The van der Waals surface area contributed by atoms with Crippen molar-refractivity contribution in [2.45, 2.75) is 58.2 Å². The number of thiazole rings is 1. The Bertz CT molecular complexity index is 1500. The van der Waals surface area contributed by atoms with Crippen LogP contribution in [0, 0.1) is 11.3 Å². The number of aromatic nitrogens is 1. The third-order valence-corrected chi connectivity index (χ3v) is 7.95. The Morgan fingerprint density at radius 3 is 2.68 bits per heavy atom. The van der Waals surface area contributed by atoms with Gasteiger partial charge in [0, 0.05) is 40.5 Å². The van der Waals surface area contributed by atoms with Crippen LogP contribution in [0.2, 0.25) is 0 Å². The Kier molecular flexibility index (Phi) is 9.00. The van der Waals surface area contributed by atoms with Gasteiger partial charge in [0.2, 0.25) is 0 Å². The number of nitriles is 1. The maximum Gasteiger partial charge on any atom is 0.415 e. The van der Waals surface area contributed by atoms with Gasteiger partial charge >= 0.3 is 6.09 Å². The normalized spacial score (nSPS) is 17.5. The van der Waals surface area contributed by atoms with E-state index >= 15 is 0 Å². The van der Waals surface area contributed by atoms with Crippen LogP contribution < -0.4 is 15.0 Å². The van der Waals surface area contributed by atoms with E-state index in [-0.39, 0.29) is 24.1 Å². The molecule has 4 rings (SSSR count). The molecule has 2 heterocycles. The minimum Gasteiger partial charge on any atom is -0.495 e. The van der Waals surface area contributed by atoms with Crippen molar-refractivity contribution in [3.8, 4) is 23.1 Å². The summed E-state index contributed by atoms with van der Waals surface area (Å²) in [5.74, 6) is 0.272. The number of likely N-dealkylation sites (tertiary alicyclic amines) is 1. The Balaban J connectivity index is 1.70. The first kappa shape index (κ1) is 30.0. The lowest BCUT2D eigenvalue weighted by atomic mass is 9.99. The SMILES string of the molecule is C=C(C#N)CN(C(=O)OC(C)(C)C)c1c(OC)ccc2ccc(-c3csc(C(=O)N[C@@H]4CCN(C)[C@@H](C)C4)n3)cc12. The average Bonchev–Trinajstić information content (AvgIpc) is 3.42. The fraction of sp³-hybridized carbons (Fsp3) is 0.419. The molecule has 2 aromatic carbocycles. The van der Waals surface area contributed by atoms with E-state index in [1.54, 1.807) is 26.8 Å². The predicted molar refractivity (Wildman–Crippen MR) is 163 cm³/mol. The minimum absolute atomic E-state index is 0.0677. The van der Waals surface area contributed by atoms with E-state index in [0.717, 1.165) is 30.3 Å². The number of amides is 2. The van der Waals surface area contributed by atoms with Crippen molar-refractivity contribution in [3.63, 3.8) is 0 Å². The zero-order valence-corrected chi connectivity index (χ0v) is 25.3. The number of hydrogen-bond acceptors (Lipinski definition) is 8. The van der Waals surface area contributed by atoms with Gasteiger partial charge in [0.25, 0.3) is 5.91 Å². The largest absolute Gasteiger partial charge is 0.495 e. The summed E-state index contributed by atoms with van der Waals surface area (Å²) in [5, 5.41) is 16.4. The summed E-state index contributed by atoms with van der Waals surface area (Å²) >= 11 is 1.30. The molecular formula is C31H37N5O4S. The van der Waals surface area contributed by atoms with Crippen molar-refractivity contribution in [1.82, 2.24) is 15.2 Å². The number of fused-ring (bicyclic) bond motifs is 1. The van der Waals surface area contributed by atoms with Crippen LogP contribution in [0.25, 0.3) is 22.0 Å². The molecule has 2 amide bonds. The van der Waals surface area contributed by atoms with Crippen LogP contribution in [0.1, 0.15) is 50.3 Å². The number of nitrogens with zero attached hydrogens (tertiary/aromatic N) is 4. The summed E-state index contributed by atoms with van der Waals surface area (Å²) in [6.45, 7) is 12.2. The van der Waals surface area contributed by atoms with Crippen LogP contribution in [-0.2, 0) is 4.74 Å². The molecule has 1 fully saturated rings. The number of benzene rings is 2. The first-order valence-corrected chi connectivity index (χ1v) is 14.4. The second-order valence-corrected chi connectivity index (χ2v) is 12.3. The monoisotopic (exact) mass is 575 g/mol. The number of anilines is 1. The highest BCUT2D eigenvalue weighted by atomic mass is 32.1. The van der Waals surface area contributed by atoms with Crippen molar-refractivity contribution in [3.05, 3.63) is 52.9 Å². The summed E-state index contributed by atoms with van der Waals surface area (Å²) < 4.78 is 11.4. The van der Waals surface area contributed by atoms with Crippen LogP contribution >= 0.6 is 11.3 Å². The van der Waals surface area contributed by atoms with Crippen molar-refractivity contribution in [2.24, 2.45) is 0 Å². The molecule has 10 heteroatoms. The van der Waals surface area contributed by atoms with Crippen LogP contribution in [0.15, 0.2) is 47.9 Å². The number of carbonyl (C=O) groups is 2. The van der Waals surface area contributed by atoms with Crippen LogP contribution in [-0.4, -0.2) is 66.8 Å². The maximum absolute atomic E-state index is 13.4. The lowest BCUT2D eigenvalue weighted by Gasteiger charge is -2.35. The molecular weight excluding hydrogens is 538 g/mol. The molecule has 1 aliphatic heterocycles. The smallest absolute Gasteiger partial charge is 0.415 e. The van der Waals surface area contributed by atoms with Gasteiger partial charge < -0.3 is 19.7 Å². The van der Waals surface area contributed by atoms with E-state index < -0.39 is 11.7 Å². The van der Waals surface area contributed by atoms with E-state index in [4.69, 9.17) is 9.47 Å². The van der Waals surface area contributed by atoms with Crippen LogP contribution in [0.4, 0.5) is 10.5 Å². The molecule has 41 heavy (non-hydrogen) atoms. The fourth-order valence-electron chi connectivity index (χ4n) is 4.84. The molecule has 0 aliphatic carbocycles. The number of methoxy groups -OCH3 is 1. The van der Waals surface area contributed by atoms with E-state index in [1.165, 1.54) is 23.3 Å². The molecule has 0 bridgehead atoms. The topological polar surface area (TPSA) is 108 Å². The van der Waals surface area contributed by atoms with Gasteiger partial charge in [-0.05, 0) is 65.1 Å². The second-order valence-electron chi connectivity index (χ2n) is 11.4. The van der Waals surface area contributed by atoms with Gasteiger partial charge in [-0.3, -0.25) is 9.69 Å². The number of carbonyl (C=O) groups excluding carboxylic acids is 2. The number of hydrogen-bond donors (Lipinski definition) is 1. The highest BCUT2D eigenvalue weighted by Crippen LogP contribution is 2.39. The summed E-state index contributed by atoms with van der Waals surface area (Å²) in [6, 6.07) is 12.0. The van der Waals surface area contributed by atoms with Gasteiger partial charge in [-0.2, -0.15) is 5.26 Å². The van der Waals surface area contributed by atoms with Crippen molar-refractivity contribution >= 4 is 39.8 Å². The molecule has 1 saturated heterocycles. The Morgan fingerprint density at radius 2 is 2.02 bits per heavy atom. The highest BCUT2D eigenvalue weighted by molar-refractivity contribution is 7.12. The number of rotatable bonds is 7. The Hall–Kier alpha value is -3.94.